The predicted molar refractivity (Wildman–Crippen MR) is 91.9 cm³/mol. The van der Waals surface area contributed by atoms with Gasteiger partial charge in [-0.3, -0.25) is 4.79 Å². The third kappa shape index (κ3) is 3.25. The minimum absolute atomic E-state index is 0.0748. The quantitative estimate of drug-likeness (QED) is 0.678. The first-order valence-corrected chi connectivity index (χ1v) is 8.37. The van der Waals surface area contributed by atoms with E-state index in [-0.39, 0.29) is 4.69 Å². The average molecular weight is 359 g/mol. The van der Waals surface area contributed by atoms with Crippen LogP contribution in [0.15, 0.2) is 36.4 Å². The van der Waals surface area contributed by atoms with Crippen molar-refractivity contribution in [2.24, 2.45) is 0 Å². The topological polar surface area (TPSA) is 26.3 Å². The fraction of sp³-hybridized carbons (Fsp3) is 0.316. The maximum Gasteiger partial charge on any atom is 0.228 e. The molecule has 0 spiro atoms. The van der Waals surface area contributed by atoms with Gasteiger partial charge in [0, 0.05) is 11.1 Å². The van der Waals surface area contributed by atoms with Gasteiger partial charge in [0.2, 0.25) is 4.69 Å². The molecule has 0 unspecified atom stereocenters. The summed E-state index contributed by atoms with van der Waals surface area (Å²) in [5.74, 6) is 1.47. The van der Waals surface area contributed by atoms with Crippen LogP contribution in [0.2, 0.25) is 0 Å². The molecular formula is C19H19BrO2. The molecule has 0 N–H and O–H groups in total. The van der Waals surface area contributed by atoms with Gasteiger partial charge in [-0.25, -0.2) is 0 Å². The van der Waals surface area contributed by atoms with E-state index in [1.807, 2.05) is 31.2 Å². The van der Waals surface area contributed by atoms with Crippen molar-refractivity contribution in [1.82, 2.24) is 0 Å². The van der Waals surface area contributed by atoms with Crippen LogP contribution >= 0.6 is 15.9 Å². The van der Waals surface area contributed by atoms with Gasteiger partial charge in [0.1, 0.15) is 12.4 Å². The Morgan fingerprint density at radius 2 is 2.00 bits per heavy atom. The van der Waals surface area contributed by atoms with Gasteiger partial charge in [-0.2, -0.15) is 0 Å². The van der Waals surface area contributed by atoms with Gasteiger partial charge in [0.15, 0.2) is 0 Å². The molecule has 2 nitrogen and oxygen atoms in total. The molecule has 3 heteroatoms. The highest BCUT2D eigenvalue weighted by atomic mass is 79.9. The van der Waals surface area contributed by atoms with Gasteiger partial charge in [-0.1, -0.05) is 35.9 Å². The van der Waals surface area contributed by atoms with Crippen LogP contribution in [0.5, 0.6) is 5.75 Å². The Kier molecular flexibility index (Phi) is 4.34. The van der Waals surface area contributed by atoms with E-state index in [0.29, 0.717) is 18.1 Å². The summed E-state index contributed by atoms with van der Waals surface area (Å²) >= 11 is 3.09. The largest absolute Gasteiger partial charge is 0.489 e. The summed E-state index contributed by atoms with van der Waals surface area (Å²) in [6.07, 6.45) is 2.41. The summed E-state index contributed by atoms with van der Waals surface area (Å²) in [6.45, 7) is 4.55. The highest BCUT2D eigenvalue weighted by Gasteiger charge is 2.28. The second kappa shape index (κ2) is 6.25. The molecule has 0 aliphatic heterocycles. The molecular weight excluding hydrogens is 340 g/mol. The number of halogens is 1. The second-order valence-corrected chi connectivity index (χ2v) is 6.70. The lowest BCUT2D eigenvalue weighted by molar-refractivity contribution is 0.109. The number of aryl methyl sites for hydroxylation is 2. The summed E-state index contributed by atoms with van der Waals surface area (Å²) in [5, 5.41) is 0. The molecule has 0 saturated heterocycles. The second-order valence-electron chi connectivity index (χ2n) is 5.98. The molecule has 2 aromatic carbocycles. The monoisotopic (exact) mass is 358 g/mol. The zero-order valence-electron chi connectivity index (χ0n) is 12.9. The summed E-state index contributed by atoms with van der Waals surface area (Å²) in [5.41, 5.74) is 5.34. The summed E-state index contributed by atoms with van der Waals surface area (Å²) in [4.78, 5) is 11.8. The molecule has 0 amide bonds. The van der Waals surface area contributed by atoms with E-state index in [1.165, 1.54) is 24.0 Å². The summed E-state index contributed by atoms with van der Waals surface area (Å²) in [7, 11) is 0. The first-order valence-electron chi connectivity index (χ1n) is 7.58. The number of hydrogen-bond acceptors (Lipinski definition) is 2. The Morgan fingerprint density at radius 3 is 2.64 bits per heavy atom. The van der Waals surface area contributed by atoms with Crippen molar-refractivity contribution in [3.63, 3.8) is 0 Å². The maximum atomic E-state index is 11.8. The molecule has 1 saturated carbocycles. The van der Waals surface area contributed by atoms with Gasteiger partial charge in [0.25, 0.3) is 0 Å². The normalized spacial score (nSPS) is 14.0. The smallest absolute Gasteiger partial charge is 0.228 e. The number of carbonyl (C=O) groups excluding carboxylic acids is 1. The minimum Gasteiger partial charge on any atom is -0.489 e. The highest BCUT2D eigenvalue weighted by molar-refractivity contribution is 9.18. The van der Waals surface area contributed by atoms with E-state index in [2.05, 4.69) is 35.0 Å². The Labute approximate surface area is 139 Å². The molecule has 0 heterocycles. The van der Waals surface area contributed by atoms with Crippen LogP contribution in [-0.4, -0.2) is 4.69 Å². The Hall–Kier alpha value is -1.61. The Bertz CT molecular complexity index is 717. The molecule has 114 valence electrons. The van der Waals surface area contributed by atoms with Gasteiger partial charge in [0.05, 0.1) is 0 Å². The van der Waals surface area contributed by atoms with Gasteiger partial charge in [-0.15, -0.1) is 0 Å². The number of hydrogen-bond donors (Lipinski definition) is 0. The summed E-state index contributed by atoms with van der Waals surface area (Å²) in [6, 6.07) is 12.1. The van der Waals surface area contributed by atoms with E-state index in [0.717, 1.165) is 16.9 Å². The third-order valence-corrected chi connectivity index (χ3v) is 4.57. The van der Waals surface area contributed by atoms with E-state index >= 15 is 0 Å². The number of rotatable bonds is 5. The Morgan fingerprint density at radius 1 is 1.23 bits per heavy atom. The van der Waals surface area contributed by atoms with Crippen LogP contribution in [0, 0.1) is 13.8 Å². The Balaban J connectivity index is 1.89. The van der Waals surface area contributed by atoms with Crippen LogP contribution in [0.3, 0.4) is 0 Å². The van der Waals surface area contributed by atoms with Crippen LogP contribution < -0.4 is 4.74 Å². The van der Waals surface area contributed by atoms with E-state index in [1.54, 1.807) is 0 Å². The van der Waals surface area contributed by atoms with Crippen molar-refractivity contribution in [3.05, 3.63) is 64.2 Å². The minimum atomic E-state index is -0.0748. The lowest BCUT2D eigenvalue weighted by Crippen LogP contribution is -2.06. The molecule has 1 aliphatic rings. The average Bonchev–Trinajstić information content (AvgIpc) is 3.30. The van der Waals surface area contributed by atoms with E-state index in [4.69, 9.17) is 4.74 Å². The van der Waals surface area contributed by atoms with Gasteiger partial charge in [-0.05, 0) is 65.7 Å². The van der Waals surface area contributed by atoms with Crippen molar-refractivity contribution < 1.29 is 9.53 Å². The maximum absolute atomic E-state index is 11.8. The first kappa shape index (κ1) is 15.3. The molecule has 2 aromatic rings. The molecule has 1 aliphatic carbocycles. The zero-order valence-corrected chi connectivity index (χ0v) is 14.4. The lowest BCUT2D eigenvalue weighted by Gasteiger charge is -2.15. The fourth-order valence-electron chi connectivity index (χ4n) is 2.84. The fourth-order valence-corrected chi connectivity index (χ4v) is 3.21. The van der Waals surface area contributed by atoms with Gasteiger partial charge >= 0.3 is 0 Å². The highest BCUT2D eigenvalue weighted by Crippen LogP contribution is 2.42. The van der Waals surface area contributed by atoms with Crippen LogP contribution in [0.4, 0.5) is 0 Å². The standard InChI is InChI=1S/C19H19BrO2/c1-12-6-9-18(13(2)10-12)22-11-17-15(14-7-8-14)4-3-5-16(17)19(20)21/h3-6,9-10,14H,7-8,11H2,1-2H3. The predicted octanol–water partition coefficient (Wildman–Crippen LogP) is 5.29. The zero-order chi connectivity index (χ0) is 15.7. The van der Waals surface area contributed by atoms with Crippen molar-refractivity contribution in [2.45, 2.75) is 39.2 Å². The summed E-state index contributed by atoms with van der Waals surface area (Å²) < 4.78 is 5.94. The van der Waals surface area contributed by atoms with Crippen molar-refractivity contribution in [3.8, 4) is 5.75 Å². The third-order valence-electron chi connectivity index (χ3n) is 4.14. The number of ether oxygens (including phenoxy) is 1. The molecule has 0 radical (unpaired) electrons. The first-order chi connectivity index (χ1) is 10.6. The van der Waals surface area contributed by atoms with E-state index in [9.17, 15) is 4.79 Å². The molecule has 3 rings (SSSR count). The molecule has 0 atom stereocenters. The lowest BCUT2D eigenvalue weighted by atomic mass is 9.99. The SMILES string of the molecule is Cc1ccc(OCc2c(C(=O)Br)cccc2C2CC2)c(C)c1. The van der Waals surface area contributed by atoms with Crippen LogP contribution in [0.1, 0.15) is 51.4 Å². The van der Waals surface area contributed by atoms with E-state index < -0.39 is 0 Å². The van der Waals surface area contributed by atoms with Gasteiger partial charge < -0.3 is 4.74 Å². The molecule has 0 aromatic heterocycles. The van der Waals surface area contributed by atoms with Crippen LogP contribution in [0.25, 0.3) is 0 Å². The van der Waals surface area contributed by atoms with Crippen LogP contribution in [-0.2, 0) is 6.61 Å². The van der Waals surface area contributed by atoms with Crippen molar-refractivity contribution in [2.75, 3.05) is 0 Å². The van der Waals surface area contributed by atoms with Crippen molar-refractivity contribution >= 4 is 20.6 Å². The number of carbonyl (C=O) groups is 1. The number of benzene rings is 2. The molecule has 1 fully saturated rings. The van der Waals surface area contributed by atoms with Crippen molar-refractivity contribution in [1.29, 1.82) is 0 Å². The molecule has 0 bridgehead atoms. The molecule has 22 heavy (non-hydrogen) atoms.